The van der Waals surface area contributed by atoms with Crippen molar-refractivity contribution in [3.8, 4) is 11.5 Å². The van der Waals surface area contributed by atoms with Gasteiger partial charge in [0.25, 0.3) is 0 Å². The maximum Gasteiger partial charge on any atom is 0.328 e. The molecule has 19 N–H and O–H groups in total. The number of cyclic esters (lactones) is 1. The molecule has 0 spiro atoms. The van der Waals surface area contributed by atoms with E-state index in [9.17, 15) is 102 Å². The van der Waals surface area contributed by atoms with Crippen molar-refractivity contribution in [1.29, 1.82) is 0 Å². The van der Waals surface area contributed by atoms with Gasteiger partial charge in [0.15, 0.2) is 36.0 Å². The molecular weight excluding hydrogens is 1620 g/mol. The SMILES string of the molecule is CC(O)=NC(Cc1ccccc1)C(O)=NCC(O)=NC(C(O)=NC1C(O)=N[C@@H](CC(C)C)C(O)=N[C@H]2CCCCN=C(O)CCC(C(O)=N[C@@H](Cc3ccc(O)cc3)C(=O)O)N=C(O)C3CCC(=O)OC[C@@H](N=C(O)[C@H]4CCCN4C(=O)[C@H](Cc4ccc(O)cc4)N=C2O)C(O)=NC(CC(=O)O[C@H]1C)C(O)=N[C@@H](Cc1cc2ccccc2[nH]1)C(O)=N3)[C@@H](C)O. The number of amides is 1. The number of carboxylic acids is 1. The van der Waals surface area contributed by atoms with Crippen molar-refractivity contribution in [3.63, 3.8) is 0 Å². The molecule has 6 unspecified atom stereocenters. The molecule has 4 bridgehead atoms. The van der Waals surface area contributed by atoms with E-state index < -0.39 is 255 Å². The first kappa shape index (κ1) is 94.3. The molecule has 5 aromatic rings. The molecule has 0 saturated carbocycles. The third-order valence-electron chi connectivity index (χ3n) is 20.3. The lowest BCUT2D eigenvalue weighted by atomic mass is 10.0. The van der Waals surface area contributed by atoms with Crippen LogP contribution in [-0.2, 0) is 54.3 Å². The summed E-state index contributed by atoms with van der Waals surface area (Å²) in [5.41, 5.74) is 2.24. The zero-order valence-corrected chi connectivity index (χ0v) is 68.8. The van der Waals surface area contributed by atoms with E-state index in [0.717, 1.165) is 13.8 Å². The Labute approximate surface area is 711 Å². The lowest BCUT2D eigenvalue weighted by molar-refractivity contribution is -0.148. The number of benzene rings is 4. The number of carboxylic acid groups (broad SMARTS) is 1. The summed E-state index contributed by atoms with van der Waals surface area (Å²) in [6.07, 6.45) is -8.86. The highest BCUT2D eigenvalue weighted by molar-refractivity contribution is 5.98. The molecule has 1 fully saturated rings. The largest absolute Gasteiger partial charge is 0.508 e. The van der Waals surface area contributed by atoms with Gasteiger partial charge >= 0.3 is 17.9 Å². The van der Waals surface area contributed by atoms with Crippen molar-refractivity contribution in [1.82, 2.24) is 9.88 Å². The number of esters is 2. The van der Waals surface area contributed by atoms with Gasteiger partial charge < -0.3 is 111 Å². The fourth-order valence-electron chi connectivity index (χ4n) is 13.9. The van der Waals surface area contributed by atoms with E-state index in [2.05, 4.69) is 74.9 Å². The van der Waals surface area contributed by atoms with Crippen LogP contribution in [0.3, 0.4) is 0 Å². The topological polar surface area (TPSA) is 643 Å². The molecule has 4 aromatic carbocycles. The highest BCUT2D eigenvalue weighted by atomic mass is 16.5. The molecule has 0 radical (unpaired) electrons. The van der Waals surface area contributed by atoms with Gasteiger partial charge in [-0.05, 0) is 130 Å². The number of nitrogens with one attached hydrogen (secondary N) is 1. The quantitative estimate of drug-likeness (QED) is 0.0185. The number of aliphatic carboxylic acids is 1. The predicted octanol–water partition coefficient (Wildman–Crippen LogP) is 8.82. The van der Waals surface area contributed by atoms with Crippen LogP contribution < -0.4 is 0 Å². The number of rotatable bonds is 21. The average Bonchev–Trinajstić information content (AvgIpc) is 1.63. The number of hydrogen-bond acceptors (Lipinski definition) is 23. The third kappa shape index (κ3) is 28.0. The fourth-order valence-corrected chi connectivity index (χ4v) is 13.9. The average molecular weight is 1720 g/mol. The van der Waals surface area contributed by atoms with Crippen molar-refractivity contribution < 1.29 is 121 Å². The number of phenols is 2. The molecule has 0 aliphatic carbocycles. The van der Waals surface area contributed by atoms with Crippen molar-refractivity contribution in [2.45, 2.75) is 222 Å². The van der Waals surface area contributed by atoms with Crippen molar-refractivity contribution in [3.05, 3.63) is 132 Å². The van der Waals surface area contributed by atoms with Gasteiger partial charge in [0.05, 0.1) is 12.5 Å². The maximum absolute atomic E-state index is 15.5. The first-order valence-electron chi connectivity index (χ1n) is 40.4. The number of aromatic hydroxyl groups is 2. The van der Waals surface area contributed by atoms with E-state index in [-0.39, 0.29) is 88.1 Å². The van der Waals surface area contributed by atoms with Crippen LogP contribution in [0, 0.1) is 5.92 Å². The number of aromatic nitrogens is 1. The number of aliphatic hydroxyl groups excluding tert-OH is 15. The number of aliphatic imine (C=N–C) groups is 14. The van der Waals surface area contributed by atoms with Crippen LogP contribution in [0.4, 0.5) is 0 Å². The van der Waals surface area contributed by atoms with E-state index in [1.807, 2.05) is 0 Å². The Bertz CT molecular complexity index is 4940. The smallest absolute Gasteiger partial charge is 0.328 e. The third-order valence-corrected chi connectivity index (χ3v) is 20.3. The lowest BCUT2D eigenvalue weighted by Gasteiger charge is -2.27. The van der Waals surface area contributed by atoms with E-state index in [1.165, 1.54) is 60.4 Å². The van der Waals surface area contributed by atoms with Gasteiger partial charge in [-0.3, -0.25) is 19.4 Å². The zero-order chi connectivity index (χ0) is 90.0. The monoisotopic (exact) mass is 1720 g/mol. The number of aromatic amines is 1. The summed E-state index contributed by atoms with van der Waals surface area (Å²) in [4.78, 5) is 122. The Morgan fingerprint density at radius 3 is 1.83 bits per heavy atom. The Kier molecular flexibility index (Phi) is 34.1. The summed E-state index contributed by atoms with van der Waals surface area (Å²) in [7, 11) is 0. The first-order chi connectivity index (χ1) is 59.0. The van der Waals surface area contributed by atoms with E-state index in [4.69, 9.17) is 9.47 Å². The molecule has 40 nitrogen and oxygen atoms in total. The van der Waals surface area contributed by atoms with Crippen LogP contribution >= 0.6 is 0 Å². The molecule has 5 heterocycles. The molecule has 1 aromatic heterocycles. The molecule has 1 amide bonds. The van der Waals surface area contributed by atoms with Gasteiger partial charge in [0.1, 0.15) is 85.1 Å². The van der Waals surface area contributed by atoms with Crippen molar-refractivity contribution in [2.75, 3.05) is 26.2 Å². The number of aliphatic hydroxyl groups is 15. The van der Waals surface area contributed by atoms with Gasteiger partial charge in [0, 0.05) is 69.7 Å². The van der Waals surface area contributed by atoms with Crippen LogP contribution in [0.25, 0.3) is 10.9 Å². The van der Waals surface area contributed by atoms with Gasteiger partial charge in [0.2, 0.25) is 76.7 Å². The van der Waals surface area contributed by atoms with E-state index >= 15 is 9.59 Å². The second-order valence-corrected chi connectivity index (χ2v) is 30.7. The minimum Gasteiger partial charge on any atom is -0.508 e. The number of H-pyrrole nitrogens is 1. The molecule has 15 atom stereocenters. The van der Waals surface area contributed by atoms with Crippen molar-refractivity contribution in [2.24, 2.45) is 75.8 Å². The molecule has 1 saturated heterocycles. The Hall–Kier alpha value is -13.6. The summed E-state index contributed by atoms with van der Waals surface area (Å²) < 4.78 is 11.7. The summed E-state index contributed by atoms with van der Waals surface area (Å²) in [6.45, 7) is 4.64. The Morgan fingerprint density at radius 1 is 0.565 bits per heavy atom. The molecule has 666 valence electrons. The summed E-state index contributed by atoms with van der Waals surface area (Å²) in [5.74, 6) is -19.1. The molecular formula is C84H106N16O24. The number of ether oxygens (including phenoxy) is 2. The number of carbonyl (C=O) groups excluding carboxylic acids is 3. The summed E-state index contributed by atoms with van der Waals surface area (Å²) in [6, 6.07) is 4.85. The van der Waals surface area contributed by atoms with Crippen LogP contribution in [0.5, 0.6) is 11.5 Å². The Morgan fingerprint density at radius 2 is 1.16 bits per heavy atom. The number of carbonyl (C=O) groups is 4. The maximum atomic E-state index is 15.5. The molecule has 4 aliphatic heterocycles. The minimum atomic E-state index is -2.24. The van der Waals surface area contributed by atoms with Gasteiger partial charge in [-0.1, -0.05) is 86.6 Å². The van der Waals surface area contributed by atoms with Crippen LogP contribution in [0.15, 0.2) is 179 Å². The molecule has 4 aliphatic rings. The summed E-state index contributed by atoms with van der Waals surface area (Å²) >= 11 is 0. The second-order valence-electron chi connectivity index (χ2n) is 30.7. The normalized spacial score (nSPS) is 24.9. The highest BCUT2D eigenvalue weighted by Crippen LogP contribution is 2.28. The molecule has 9 rings (SSSR count). The number of para-hydroxylation sites is 1. The standard InChI is InChI=1S/C84H106N16O24/c1-43(2)34-58-76(113)89-55-18-11-12-32-85-66(105)30-28-56(75(112)96-63(84(121)122)37-49-22-26-53(104)27-23-49)90-74(111)57-29-31-68(107)123-42-64(97-80(117)65-19-13-33-100(65)83(120)62(95-73(55)110)36-48-20-24-52(103)25-21-48)79(116)93-61(78(115)92-60(77(114)91-57)39-51-38-50-16-9-10-17-54(50)88-51)40-69(108)124-45(4)71(82(119)94-58)99-81(118)70(44(3)101)98-67(106)41-86-72(109)59(87-46(5)102)35-47-14-7-6-8-15-47/h6-10,14-17,20-27,38,43-45,55-65,70-71,88,101,103-104H,11-13,18-19,28-37,39-42H2,1-5H3,(H,85,105)(H,86,109)(H,87,102)(H,89,113)(H,90,111)(H,91,114)(H,92,115)(H,93,116)(H,94,119)(H,95,110)(H,96,112)(H,97,117)(H,98,106)(H,99,118)(H,121,122)/t44-,45+,55+,56?,57?,58+,59?,60+,61?,62+,63+,64-,65-,70?,71?/m1/s1. The lowest BCUT2D eigenvalue weighted by Crippen LogP contribution is -2.46. The van der Waals surface area contributed by atoms with Crippen LogP contribution in [0.2, 0.25) is 0 Å². The van der Waals surface area contributed by atoms with Crippen LogP contribution in [-0.4, -0.2) is 325 Å². The number of nitrogens with zero attached hydrogens (tertiary/aromatic N) is 15. The van der Waals surface area contributed by atoms with E-state index in [0.29, 0.717) is 27.6 Å². The van der Waals surface area contributed by atoms with Crippen molar-refractivity contribution >= 4 is 117 Å². The second kappa shape index (κ2) is 44.8. The summed E-state index contributed by atoms with van der Waals surface area (Å²) in [5, 5.41) is 211. The predicted molar refractivity (Wildman–Crippen MR) is 464 cm³/mol. The zero-order valence-electron chi connectivity index (χ0n) is 68.8. The van der Waals surface area contributed by atoms with Gasteiger partial charge in [-0.15, -0.1) is 0 Å². The van der Waals surface area contributed by atoms with Gasteiger partial charge in [-0.25, -0.2) is 69.7 Å². The fraction of sp³-hybridized carbons (Fsp3) is 0.476. The first-order valence-corrected chi connectivity index (χ1v) is 40.4. The molecule has 124 heavy (non-hydrogen) atoms. The van der Waals surface area contributed by atoms with Gasteiger partial charge in [-0.2, -0.15) is 0 Å². The number of hydrogen-bond donors (Lipinski definition) is 19. The minimum absolute atomic E-state index is 0.00557. The van der Waals surface area contributed by atoms with Crippen LogP contribution in [0.1, 0.15) is 128 Å². The molecule has 40 heteroatoms. The number of fused-ring (bicyclic) bond motifs is 10. The number of phenolic OH excluding ortho intramolecular Hbond substituents is 2. The highest BCUT2D eigenvalue weighted by Gasteiger charge is 2.40. The Balaban J connectivity index is 1.28. The van der Waals surface area contributed by atoms with E-state index in [1.54, 1.807) is 74.5 Å².